The lowest BCUT2D eigenvalue weighted by atomic mass is 10.3. The Morgan fingerprint density at radius 3 is 3.00 bits per heavy atom. The third kappa shape index (κ3) is 1.31. The number of nitrogens with one attached hydrogen (secondary N) is 1. The maximum absolute atomic E-state index is 4.46. The van der Waals surface area contributed by atoms with Crippen molar-refractivity contribution in [3.8, 4) is 0 Å². The third-order valence-corrected chi connectivity index (χ3v) is 4.16. The Morgan fingerprint density at radius 2 is 2.25 bits per heavy atom. The summed E-state index contributed by atoms with van der Waals surface area (Å²) in [7, 11) is 3.83. The van der Waals surface area contributed by atoms with Gasteiger partial charge in [0.05, 0.1) is 11.8 Å². The largest absolute Gasteiger partial charge is 0.371 e. The molecule has 0 radical (unpaired) electrons. The number of rotatable bonds is 1. The molecule has 0 fully saturated rings. The number of imidazole rings is 1. The minimum atomic E-state index is 0.782. The first-order valence-electron chi connectivity index (χ1n) is 4.65. The van der Waals surface area contributed by atoms with Crippen molar-refractivity contribution in [2.75, 3.05) is 12.4 Å². The van der Waals surface area contributed by atoms with E-state index in [0.717, 1.165) is 30.2 Å². The van der Waals surface area contributed by atoms with Crippen LogP contribution in [0.15, 0.2) is 6.33 Å². The normalized spacial score (nSPS) is 11.4. The van der Waals surface area contributed by atoms with Crippen molar-refractivity contribution in [2.24, 2.45) is 7.05 Å². The molecule has 5 nitrogen and oxygen atoms in total. The first-order chi connectivity index (χ1) is 7.70. The molecule has 16 heavy (non-hydrogen) atoms. The number of pyridine rings is 1. The van der Waals surface area contributed by atoms with Crippen molar-refractivity contribution in [3.63, 3.8) is 0 Å². The molecule has 82 valence electrons. The second-order valence-electron chi connectivity index (χ2n) is 3.38. The summed E-state index contributed by atoms with van der Waals surface area (Å²) in [6.45, 7) is 0. The quantitative estimate of drug-likeness (QED) is 0.688. The van der Waals surface area contributed by atoms with Crippen molar-refractivity contribution >= 4 is 61.1 Å². The predicted molar refractivity (Wildman–Crippen MR) is 74.0 cm³/mol. The van der Waals surface area contributed by atoms with Crippen LogP contribution in [0.4, 0.5) is 5.82 Å². The summed E-state index contributed by atoms with van der Waals surface area (Å²) in [5.41, 5.74) is 2.78. The molecular formula is C9H8IN5S. The Morgan fingerprint density at radius 1 is 1.44 bits per heavy atom. The zero-order valence-electron chi connectivity index (χ0n) is 8.65. The fourth-order valence-electron chi connectivity index (χ4n) is 1.72. The van der Waals surface area contributed by atoms with Crippen LogP contribution in [0.1, 0.15) is 0 Å². The van der Waals surface area contributed by atoms with E-state index in [1.54, 1.807) is 17.7 Å². The molecule has 0 bridgehead atoms. The average Bonchev–Trinajstić information content (AvgIpc) is 2.80. The highest BCUT2D eigenvalue weighted by Gasteiger charge is 2.14. The van der Waals surface area contributed by atoms with Gasteiger partial charge in [0.15, 0.2) is 14.5 Å². The number of hydrogen-bond donors (Lipinski definition) is 1. The summed E-state index contributed by atoms with van der Waals surface area (Å²) in [6.07, 6.45) is 1.80. The van der Waals surface area contributed by atoms with Crippen LogP contribution in [0, 0.1) is 3.01 Å². The van der Waals surface area contributed by atoms with E-state index in [1.807, 2.05) is 18.7 Å². The summed E-state index contributed by atoms with van der Waals surface area (Å²) >= 11 is 3.86. The number of halogens is 1. The zero-order chi connectivity index (χ0) is 11.3. The summed E-state index contributed by atoms with van der Waals surface area (Å²) in [5, 5.41) is 3.06. The molecule has 1 N–H and O–H groups in total. The Bertz CT molecular complexity index is 686. The van der Waals surface area contributed by atoms with Gasteiger partial charge in [-0.05, 0) is 22.6 Å². The summed E-state index contributed by atoms with van der Waals surface area (Å²) in [6, 6.07) is 0. The lowest BCUT2D eigenvalue weighted by Crippen LogP contribution is -1.95. The van der Waals surface area contributed by atoms with Crippen molar-refractivity contribution in [1.29, 1.82) is 0 Å². The van der Waals surface area contributed by atoms with Crippen molar-refractivity contribution in [2.45, 2.75) is 0 Å². The number of nitrogens with zero attached hydrogens (tertiary/aromatic N) is 4. The zero-order valence-corrected chi connectivity index (χ0v) is 11.6. The summed E-state index contributed by atoms with van der Waals surface area (Å²) in [5.74, 6) is 0.782. The maximum atomic E-state index is 4.46. The number of fused-ring (bicyclic) bond motifs is 3. The molecule has 0 unspecified atom stereocenters. The van der Waals surface area contributed by atoms with E-state index in [-0.39, 0.29) is 0 Å². The van der Waals surface area contributed by atoms with E-state index >= 15 is 0 Å². The van der Waals surface area contributed by atoms with Crippen molar-refractivity contribution < 1.29 is 0 Å². The minimum Gasteiger partial charge on any atom is -0.371 e. The predicted octanol–water partition coefficient (Wildman–Crippen LogP) is 2.22. The fraction of sp³-hybridized carbons (Fsp3) is 0.222. The molecule has 0 aliphatic heterocycles. The number of aryl methyl sites for hydroxylation is 1. The van der Waals surface area contributed by atoms with E-state index in [0.29, 0.717) is 0 Å². The van der Waals surface area contributed by atoms with Gasteiger partial charge in [0.2, 0.25) is 0 Å². The van der Waals surface area contributed by atoms with Crippen molar-refractivity contribution in [1.82, 2.24) is 19.5 Å². The van der Waals surface area contributed by atoms with E-state index < -0.39 is 0 Å². The van der Waals surface area contributed by atoms with Crippen LogP contribution >= 0.6 is 33.9 Å². The molecular weight excluding hydrogens is 337 g/mol. The molecule has 0 aromatic carbocycles. The second kappa shape index (κ2) is 3.52. The molecule has 0 aliphatic rings. The minimum absolute atomic E-state index is 0.782. The molecule has 3 aromatic heterocycles. The molecule has 0 aliphatic carbocycles. The smallest absolute Gasteiger partial charge is 0.175 e. The lowest BCUT2D eigenvalue weighted by molar-refractivity contribution is 0.951. The standard InChI is InChI=1S/C9H8IN5S/c1-11-7-4-5(15(2)3-12-4)6-8(13-7)14-9(10)16-6/h3H,1-2H3,(H,11,13). The third-order valence-electron chi connectivity index (χ3n) is 2.41. The molecule has 3 heterocycles. The molecule has 0 saturated heterocycles. The van der Waals surface area contributed by atoms with Crippen LogP contribution < -0.4 is 5.32 Å². The molecule has 3 aromatic rings. The van der Waals surface area contributed by atoms with Crippen LogP contribution in [0.25, 0.3) is 21.4 Å². The lowest BCUT2D eigenvalue weighted by Gasteiger charge is -2.01. The van der Waals surface area contributed by atoms with Gasteiger partial charge >= 0.3 is 0 Å². The first-order valence-corrected chi connectivity index (χ1v) is 6.55. The van der Waals surface area contributed by atoms with Gasteiger partial charge < -0.3 is 9.88 Å². The van der Waals surface area contributed by atoms with Gasteiger partial charge in [-0.25, -0.2) is 15.0 Å². The second-order valence-corrected chi connectivity index (χ2v) is 6.14. The SMILES string of the molecule is CNc1nc2nc(I)sc2c2c1ncn2C. The van der Waals surface area contributed by atoms with Gasteiger partial charge in [-0.1, -0.05) is 0 Å². The molecule has 0 atom stereocenters. The highest BCUT2D eigenvalue weighted by Crippen LogP contribution is 2.32. The van der Waals surface area contributed by atoms with Gasteiger partial charge in [-0.15, -0.1) is 11.3 Å². The van der Waals surface area contributed by atoms with Gasteiger partial charge in [0, 0.05) is 14.1 Å². The van der Waals surface area contributed by atoms with Crippen LogP contribution in [0.5, 0.6) is 0 Å². The summed E-state index contributed by atoms with van der Waals surface area (Å²) < 4.78 is 4.10. The number of aromatic nitrogens is 4. The Kier molecular flexibility index (Phi) is 2.25. The van der Waals surface area contributed by atoms with Gasteiger partial charge in [-0.3, -0.25) is 0 Å². The van der Waals surface area contributed by atoms with E-state index in [9.17, 15) is 0 Å². The Hall–Kier alpha value is -0.960. The van der Waals surface area contributed by atoms with Gasteiger partial charge in [0.25, 0.3) is 0 Å². The topological polar surface area (TPSA) is 55.6 Å². The Labute approximate surface area is 109 Å². The number of thiazole rings is 1. The number of anilines is 1. The first kappa shape index (κ1) is 10.2. The number of hydrogen-bond acceptors (Lipinski definition) is 5. The molecule has 0 amide bonds. The molecule has 0 saturated carbocycles. The van der Waals surface area contributed by atoms with Crippen LogP contribution in [0.3, 0.4) is 0 Å². The van der Waals surface area contributed by atoms with Crippen LogP contribution in [-0.4, -0.2) is 26.6 Å². The molecule has 3 rings (SSSR count). The summed E-state index contributed by atoms with van der Waals surface area (Å²) in [4.78, 5) is 13.2. The van der Waals surface area contributed by atoms with E-state index in [1.165, 1.54) is 0 Å². The van der Waals surface area contributed by atoms with Crippen LogP contribution in [-0.2, 0) is 7.05 Å². The average molecular weight is 345 g/mol. The molecule has 7 heteroatoms. The fourth-order valence-corrected chi connectivity index (χ4v) is 3.43. The maximum Gasteiger partial charge on any atom is 0.175 e. The van der Waals surface area contributed by atoms with E-state index in [4.69, 9.17) is 0 Å². The van der Waals surface area contributed by atoms with Gasteiger partial charge in [-0.2, -0.15) is 0 Å². The van der Waals surface area contributed by atoms with Gasteiger partial charge in [0.1, 0.15) is 10.2 Å². The Balaban J connectivity index is 2.59. The highest BCUT2D eigenvalue weighted by molar-refractivity contribution is 14.1. The molecule has 0 spiro atoms. The highest BCUT2D eigenvalue weighted by atomic mass is 127. The van der Waals surface area contributed by atoms with E-state index in [2.05, 4.69) is 42.9 Å². The van der Waals surface area contributed by atoms with Crippen LogP contribution in [0.2, 0.25) is 0 Å². The monoisotopic (exact) mass is 345 g/mol. The van der Waals surface area contributed by atoms with Crippen molar-refractivity contribution in [3.05, 3.63) is 9.34 Å².